The van der Waals surface area contributed by atoms with Crippen LogP contribution in [0.25, 0.3) is 0 Å². The SMILES string of the molecule is CN(C)c1c(F)cc(NC(=O)Cc2cccc(C(F)(F)F)c2)cc1F. The van der Waals surface area contributed by atoms with Crippen molar-refractivity contribution >= 4 is 17.3 Å². The summed E-state index contributed by atoms with van der Waals surface area (Å²) in [7, 11) is 2.93. The molecule has 0 aliphatic heterocycles. The van der Waals surface area contributed by atoms with E-state index < -0.39 is 29.3 Å². The molecule has 0 atom stereocenters. The second-order valence-electron chi connectivity index (χ2n) is 5.61. The number of halogens is 5. The molecule has 0 spiro atoms. The number of rotatable bonds is 4. The van der Waals surface area contributed by atoms with Crippen molar-refractivity contribution in [3.05, 3.63) is 59.2 Å². The first-order chi connectivity index (χ1) is 11.6. The van der Waals surface area contributed by atoms with Crippen molar-refractivity contribution in [2.75, 3.05) is 24.3 Å². The molecule has 2 aromatic carbocycles. The number of hydrogen-bond donors (Lipinski definition) is 1. The van der Waals surface area contributed by atoms with Crippen LogP contribution >= 0.6 is 0 Å². The van der Waals surface area contributed by atoms with Crippen molar-refractivity contribution in [2.45, 2.75) is 12.6 Å². The predicted octanol–water partition coefficient (Wildman–Crippen LogP) is 4.23. The van der Waals surface area contributed by atoms with Crippen LogP contribution in [0.5, 0.6) is 0 Å². The maximum absolute atomic E-state index is 13.9. The maximum atomic E-state index is 13.9. The van der Waals surface area contributed by atoms with Crippen LogP contribution in [0, 0.1) is 11.6 Å². The lowest BCUT2D eigenvalue weighted by molar-refractivity contribution is -0.137. The Morgan fingerprint density at radius 2 is 1.68 bits per heavy atom. The van der Waals surface area contributed by atoms with E-state index in [0.29, 0.717) is 0 Å². The van der Waals surface area contributed by atoms with E-state index in [-0.39, 0.29) is 23.4 Å². The zero-order chi connectivity index (χ0) is 18.8. The molecule has 0 aromatic heterocycles. The molecule has 0 aliphatic carbocycles. The van der Waals surface area contributed by atoms with Crippen molar-refractivity contribution in [3.63, 3.8) is 0 Å². The van der Waals surface area contributed by atoms with E-state index in [9.17, 15) is 26.7 Å². The van der Waals surface area contributed by atoms with E-state index in [4.69, 9.17) is 0 Å². The number of amides is 1. The van der Waals surface area contributed by atoms with Crippen LogP contribution in [0.3, 0.4) is 0 Å². The van der Waals surface area contributed by atoms with Gasteiger partial charge in [0.05, 0.1) is 12.0 Å². The Hall–Kier alpha value is -2.64. The predicted molar refractivity (Wildman–Crippen MR) is 84.5 cm³/mol. The zero-order valence-corrected chi connectivity index (χ0v) is 13.4. The molecule has 0 unspecified atom stereocenters. The van der Waals surface area contributed by atoms with Crippen LogP contribution in [-0.2, 0) is 17.4 Å². The van der Waals surface area contributed by atoms with Gasteiger partial charge in [-0.15, -0.1) is 0 Å². The highest BCUT2D eigenvalue weighted by molar-refractivity contribution is 5.92. The molecule has 0 fully saturated rings. The third kappa shape index (κ3) is 4.68. The van der Waals surface area contributed by atoms with Gasteiger partial charge in [-0.3, -0.25) is 4.79 Å². The monoisotopic (exact) mass is 358 g/mol. The number of anilines is 2. The number of alkyl halides is 3. The molecule has 0 saturated carbocycles. The molecular formula is C17H15F5N2O. The fourth-order valence-electron chi connectivity index (χ4n) is 2.31. The van der Waals surface area contributed by atoms with Gasteiger partial charge in [0.25, 0.3) is 0 Å². The minimum absolute atomic E-state index is 0.113. The van der Waals surface area contributed by atoms with E-state index in [2.05, 4.69) is 5.32 Å². The van der Waals surface area contributed by atoms with E-state index in [1.54, 1.807) is 0 Å². The Balaban J connectivity index is 2.13. The van der Waals surface area contributed by atoms with Crippen LogP contribution in [0.15, 0.2) is 36.4 Å². The molecule has 0 aliphatic rings. The lowest BCUT2D eigenvalue weighted by atomic mass is 10.1. The second kappa shape index (κ2) is 7.08. The van der Waals surface area contributed by atoms with Crippen molar-refractivity contribution < 1.29 is 26.7 Å². The van der Waals surface area contributed by atoms with Crippen LogP contribution < -0.4 is 10.2 Å². The highest BCUT2D eigenvalue weighted by atomic mass is 19.4. The van der Waals surface area contributed by atoms with Crippen LogP contribution in [0.2, 0.25) is 0 Å². The number of nitrogens with zero attached hydrogens (tertiary/aromatic N) is 1. The molecule has 0 bridgehead atoms. The highest BCUT2D eigenvalue weighted by Gasteiger charge is 2.30. The lowest BCUT2D eigenvalue weighted by Gasteiger charge is -2.16. The summed E-state index contributed by atoms with van der Waals surface area (Å²) in [6, 6.07) is 6.20. The van der Waals surface area contributed by atoms with Crippen molar-refractivity contribution in [1.82, 2.24) is 0 Å². The Kier molecular flexibility index (Phi) is 5.30. The number of nitrogens with one attached hydrogen (secondary N) is 1. The van der Waals surface area contributed by atoms with Gasteiger partial charge < -0.3 is 10.2 Å². The average Bonchev–Trinajstić information content (AvgIpc) is 2.45. The van der Waals surface area contributed by atoms with Crippen molar-refractivity contribution in [1.29, 1.82) is 0 Å². The quantitative estimate of drug-likeness (QED) is 0.830. The Morgan fingerprint density at radius 3 is 2.20 bits per heavy atom. The molecule has 1 N–H and O–H groups in total. The largest absolute Gasteiger partial charge is 0.416 e. The molecule has 25 heavy (non-hydrogen) atoms. The van der Waals surface area contributed by atoms with Crippen LogP contribution in [0.4, 0.5) is 33.3 Å². The van der Waals surface area contributed by atoms with E-state index >= 15 is 0 Å². The van der Waals surface area contributed by atoms with Crippen LogP contribution in [0.1, 0.15) is 11.1 Å². The summed E-state index contributed by atoms with van der Waals surface area (Å²) in [4.78, 5) is 13.2. The summed E-state index contributed by atoms with van der Waals surface area (Å²) >= 11 is 0. The summed E-state index contributed by atoms with van der Waals surface area (Å²) < 4.78 is 65.7. The molecule has 1 amide bonds. The first-order valence-electron chi connectivity index (χ1n) is 7.20. The lowest BCUT2D eigenvalue weighted by Crippen LogP contribution is -2.17. The molecular weight excluding hydrogens is 343 g/mol. The Morgan fingerprint density at radius 1 is 1.08 bits per heavy atom. The number of hydrogen-bond acceptors (Lipinski definition) is 2. The third-order valence-corrected chi connectivity index (χ3v) is 3.37. The van der Waals surface area contributed by atoms with Gasteiger partial charge in [0, 0.05) is 19.8 Å². The fourth-order valence-corrected chi connectivity index (χ4v) is 2.31. The summed E-state index contributed by atoms with van der Waals surface area (Å²) in [5.74, 6) is -2.41. The first kappa shape index (κ1) is 18.7. The Labute approximate surface area is 141 Å². The fraction of sp³-hybridized carbons (Fsp3) is 0.235. The molecule has 2 aromatic rings. The normalized spacial score (nSPS) is 11.3. The molecule has 0 heterocycles. The molecule has 2 rings (SSSR count). The van der Waals surface area contributed by atoms with Gasteiger partial charge in [-0.05, 0) is 23.8 Å². The topological polar surface area (TPSA) is 32.3 Å². The third-order valence-electron chi connectivity index (χ3n) is 3.37. The van der Waals surface area contributed by atoms with E-state index in [1.165, 1.54) is 31.1 Å². The van der Waals surface area contributed by atoms with Gasteiger partial charge in [0.15, 0.2) is 11.6 Å². The zero-order valence-electron chi connectivity index (χ0n) is 13.4. The average molecular weight is 358 g/mol. The van der Waals surface area contributed by atoms with E-state index in [0.717, 1.165) is 24.3 Å². The molecule has 134 valence electrons. The van der Waals surface area contributed by atoms with Gasteiger partial charge in [-0.1, -0.05) is 18.2 Å². The van der Waals surface area contributed by atoms with Crippen molar-refractivity contribution in [2.24, 2.45) is 0 Å². The molecule has 0 radical (unpaired) electrons. The van der Waals surface area contributed by atoms with E-state index in [1.807, 2.05) is 0 Å². The Bertz CT molecular complexity index is 764. The minimum atomic E-state index is -4.51. The van der Waals surface area contributed by atoms with Gasteiger partial charge in [0.2, 0.25) is 5.91 Å². The molecule has 8 heteroatoms. The van der Waals surface area contributed by atoms with Gasteiger partial charge in [0.1, 0.15) is 5.69 Å². The number of carbonyl (C=O) groups is 1. The van der Waals surface area contributed by atoms with Crippen molar-refractivity contribution in [3.8, 4) is 0 Å². The summed E-state index contributed by atoms with van der Waals surface area (Å²) in [5, 5.41) is 2.28. The molecule has 0 saturated heterocycles. The standard InChI is InChI=1S/C17H15F5N2O/c1-24(2)16-13(18)8-12(9-14(16)19)23-15(25)7-10-4-3-5-11(6-10)17(20,21)22/h3-6,8-9H,7H2,1-2H3,(H,23,25). The highest BCUT2D eigenvalue weighted by Crippen LogP contribution is 2.30. The number of carbonyl (C=O) groups excluding carboxylic acids is 1. The van der Waals surface area contributed by atoms with Gasteiger partial charge >= 0.3 is 6.18 Å². The summed E-state index contributed by atoms with van der Waals surface area (Å²) in [6.07, 6.45) is -4.87. The van der Waals surface area contributed by atoms with Gasteiger partial charge in [-0.2, -0.15) is 13.2 Å². The second-order valence-corrected chi connectivity index (χ2v) is 5.61. The first-order valence-corrected chi connectivity index (χ1v) is 7.20. The molecule has 3 nitrogen and oxygen atoms in total. The summed E-state index contributed by atoms with van der Waals surface area (Å²) in [6.45, 7) is 0. The smallest absolute Gasteiger partial charge is 0.373 e. The van der Waals surface area contributed by atoms with Crippen LogP contribution in [-0.4, -0.2) is 20.0 Å². The number of benzene rings is 2. The minimum Gasteiger partial charge on any atom is -0.373 e. The summed E-state index contributed by atoms with van der Waals surface area (Å²) in [5.41, 5.74) is -1.10. The maximum Gasteiger partial charge on any atom is 0.416 e. The van der Waals surface area contributed by atoms with Gasteiger partial charge in [-0.25, -0.2) is 8.78 Å².